The van der Waals surface area contributed by atoms with E-state index in [0.29, 0.717) is 0 Å². The maximum atomic E-state index is 7.26. The first kappa shape index (κ1) is 25.2. The number of unbranched alkanes of at least 4 members (excludes halogenated alkanes) is 8. The SMILES string of the molecule is CCCCCCCC1CC[C@]2(CC1)C[C@@]1(CCC(CCCCCCC)CC1)C2(Cl)Cl. The van der Waals surface area contributed by atoms with Gasteiger partial charge in [-0.2, -0.15) is 0 Å². The van der Waals surface area contributed by atoms with E-state index in [1.807, 2.05) is 0 Å². The van der Waals surface area contributed by atoms with Gasteiger partial charge in [0, 0.05) is 10.8 Å². The van der Waals surface area contributed by atoms with Crippen LogP contribution in [0.25, 0.3) is 0 Å². The van der Waals surface area contributed by atoms with Crippen molar-refractivity contribution in [2.45, 2.75) is 153 Å². The molecule has 0 aromatic heterocycles. The largest absolute Gasteiger partial charge is 0.129 e. The fourth-order valence-corrected chi connectivity index (χ4v) is 8.44. The van der Waals surface area contributed by atoms with Crippen LogP contribution in [0.5, 0.6) is 0 Å². The molecule has 0 nitrogen and oxygen atoms in total. The zero-order valence-electron chi connectivity index (χ0n) is 20.3. The van der Waals surface area contributed by atoms with E-state index in [2.05, 4.69) is 13.8 Å². The first-order chi connectivity index (χ1) is 14.5. The van der Waals surface area contributed by atoms with Gasteiger partial charge in [-0.25, -0.2) is 0 Å². The minimum Gasteiger partial charge on any atom is -0.100 e. The number of hydrogen-bond donors (Lipinski definition) is 0. The first-order valence-corrected chi connectivity index (χ1v) is 14.6. The summed E-state index contributed by atoms with van der Waals surface area (Å²) in [5.41, 5.74) is 0.504. The minimum absolute atomic E-state index is 0.252. The van der Waals surface area contributed by atoms with Crippen molar-refractivity contribution in [3.8, 4) is 0 Å². The molecule has 0 radical (unpaired) electrons. The van der Waals surface area contributed by atoms with E-state index in [9.17, 15) is 0 Å². The maximum absolute atomic E-state index is 7.26. The summed E-state index contributed by atoms with van der Waals surface area (Å²) in [7, 11) is 0. The summed E-state index contributed by atoms with van der Waals surface area (Å²) < 4.78 is -0.446. The number of halogens is 2. The van der Waals surface area contributed by atoms with Crippen LogP contribution in [0.4, 0.5) is 0 Å². The normalized spacial score (nSPS) is 35.6. The van der Waals surface area contributed by atoms with Gasteiger partial charge in [-0.3, -0.25) is 0 Å². The molecule has 0 aliphatic heterocycles. The highest BCUT2D eigenvalue weighted by atomic mass is 35.5. The number of hydrogen-bond acceptors (Lipinski definition) is 0. The van der Waals surface area contributed by atoms with Crippen molar-refractivity contribution in [3.05, 3.63) is 0 Å². The quantitative estimate of drug-likeness (QED) is 0.202. The molecule has 0 aromatic carbocycles. The first-order valence-electron chi connectivity index (χ1n) is 13.9. The zero-order chi connectivity index (χ0) is 21.5. The van der Waals surface area contributed by atoms with E-state index in [1.54, 1.807) is 0 Å². The molecule has 0 unspecified atom stereocenters. The fourth-order valence-electron chi connectivity index (χ4n) is 7.42. The highest BCUT2D eigenvalue weighted by Gasteiger charge is 2.72. The third-order valence-corrected chi connectivity index (χ3v) is 11.2. The van der Waals surface area contributed by atoms with Crippen LogP contribution in [-0.4, -0.2) is 4.33 Å². The van der Waals surface area contributed by atoms with Gasteiger partial charge < -0.3 is 0 Å². The molecular weight excluding hydrogens is 407 g/mol. The lowest BCUT2D eigenvalue weighted by molar-refractivity contribution is -0.115. The van der Waals surface area contributed by atoms with Crippen molar-refractivity contribution in [2.24, 2.45) is 22.7 Å². The standard InChI is InChI=1S/C28H50Cl2/c1-3-5-7-9-11-13-24-15-19-26(20-16-24)23-27(28(26,29)30)21-17-25(18-22-27)14-12-10-8-6-4-2/h24-25H,3-23H2,1-2H3/t24?,25?,26-,27-. The second-order valence-electron chi connectivity index (χ2n) is 11.6. The zero-order valence-corrected chi connectivity index (χ0v) is 21.8. The summed E-state index contributed by atoms with van der Waals surface area (Å²) in [5, 5.41) is 0. The van der Waals surface area contributed by atoms with Crippen molar-refractivity contribution >= 4 is 23.2 Å². The van der Waals surface area contributed by atoms with E-state index in [4.69, 9.17) is 23.2 Å². The van der Waals surface area contributed by atoms with Crippen LogP contribution >= 0.6 is 23.2 Å². The Bertz CT molecular complexity index is 439. The van der Waals surface area contributed by atoms with Gasteiger partial charge in [-0.05, 0) is 69.6 Å². The summed E-state index contributed by atoms with van der Waals surface area (Å²) in [6.45, 7) is 4.61. The predicted molar refractivity (Wildman–Crippen MR) is 135 cm³/mol. The van der Waals surface area contributed by atoms with Gasteiger partial charge >= 0.3 is 0 Å². The van der Waals surface area contributed by atoms with Crippen molar-refractivity contribution in [1.82, 2.24) is 0 Å². The van der Waals surface area contributed by atoms with Crippen LogP contribution in [0, 0.1) is 22.7 Å². The van der Waals surface area contributed by atoms with Gasteiger partial charge in [0.15, 0.2) is 0 Å². The third kappa shape index (κ3) is 5.55. The Morgan fingerprint density at radius 1 is 0.567 bits per heavy atom. The molecule has 3 fully saturated rings. The van der Waals surface area contributed by atoms with Crippen LogP contribution in [0.2, 0.25) is 0 Å². The number of rotatable bonds is 12. The molecule has 3 aliphatic rings. The molecule has 0 bridgehead atoms. The average molecular weight is 458 g/mol. The predicted octanol–water partition coefficient (Wildman–Crippen LogP) is 10.6. The molecule has 3 saturated carbocycles. The van der Waals surface area contributed by atoms with E-state index in [0.717, 1.165) is 11.8 Å². The lowest BCUT2D eigenvalue weighted by Gasteiger charge is -2.69. The summed E-state index contributed by atoms with van der Waals surface area (Å²) in [6, 6.07) is 0. The molecule has 0 amide bonds. The van der Waals surface area contributed by atoms with Gasteiger partial charge in [-0.1, -0.05) is 90.9 Å². The average Bonchev–Trinajstić information content (AvgIpc) is 2.75. The minimum atomic E-state index is -0.446. The van der Waals surface area contributed by atoms with Gasteiger partial charge in [0.05, 0.1) is 0 Å². The van der Waals surface area contributed by atoms with Crippen LogP contribution in [0.3, 0.4) is 0 Å². The summed E-state index contributed by atoms with van der Waals surface area (Å²) >= 11 is 14.5. The van der Waals surface area contributed by atoms with E-state index >= 15 is 0 Å². The second-order valence-corrected chi connectivity index (χ2v) is 12.9. The van der Waals surface area contributed by atoms with Crippen molar-refractivity contribution < 1.29 is 0 Å². The Labute approximate surface area is 198 Å². The molecule has 0 saturated heterocycles. The Hall–Kier alpha value is 0.580. The van der Waals surface area contributed by atoms with Gasteiger partial charge in [0.2, 0.25) is 0 Å². The summed E-state index contributed by atoms with van der Waals surface area (Å²) in [5.74, 6) is 1.89. The molecule has 0 aromatic rings. The molecule has 176 valence electrons. The van der Waals surface area contributed by atoms with E-state index in [1.165, 1.54) is 135 Å². The van der Waals surface area contributed by atoms with Crippen LogP contribution in [0.15, 0.2) is 0 Å². The highest BCUT2D eigenvalue weighted by molar-refractivity contribution is 6.50. The van der Waals surface area contributed by atoms with E-state index in [-0.39, 0.29) is 10.8 Å². The molecule has 0 heterocycles. The molecule has 2 heteroatoms. The Balaban J connectivity index is 1.38. The molecule has 2 spiro atoms. The monoisotopic (exact) mass is 456 g/mol. The molecule has 30 heavy (non-hydrogen) atoms. The van der Waals surface area contributed by atoms with Gasteiger partial charge in [-0.15, -0.1) is 23.2 Å². The van der Waals surface area contributed by atoms with Crippen LogP contribution in [-0.2, 0) is 0 Å². The Kier molecular flexibility index (Phi) is 9.77. The maximum Gasteiger partial charge on any atom is 0.129 e. The Morgan fingerprint density at radius 3 is 1.27 bits per heavy atom. The second kappa shape index (κ2) is 11.6. The van der Waals surface area contributed by atoms with Gasteiger partial charge in [0.1, 0.15) is 4.33 Å². The topological polar surface area (TPSA) is 0 Å². The molecule has 0 N–H and O–H groups in total. The van der Waals surface area contributed by atoms with Crippen LogP contribution in [0.1, 0.15) is 149 Å². The lowest BCUT2D eigenvalue weighted by Crippen LogP contribution is -2.66. The fraction of sp³-hybridized carbons (Fsp3) is 1.00. The molecular formula is C28H50Cl2. The number of alkyl halides is 2. The smallest absolute Gasteiger partial charge is 0.100 e. The Morgan fingerprint density at radius 2 is 0.933 bits per heavy atom. The molecule has 3 aliphatic carbocycles. The highest BCUT2D eigenvalue weighted by Crippen LogP contribution is 2.76. The third-order valence-electron chi connectivity index (χ3n) is 9.57. The van der Waals surface area contributed by atoms with Crippen molar-refractivity contribution in [3.63, 3.8) is 0 Å². The van der Waals surface area contributed by atoms with Crippen molar-refractivity contribution in [1.29, 1.82) is 0 Å². The van der Waals surface area contributed by atoms with Crippen LogP contribution < -0.4 is 0 Å². The van der Waals surface area contributed by atoms with E-state index < -0.39 is 4.33 Å². The van der Waals surface area contributed by atoms with Gasteiger partial charge in [0.25, 0.3) is 0 Å². The molecule has 0 atom stereocenters. The summed E-state index contributed by atoms with van der Waals surface area (Å²) in [6.07, 6.45) is 29.1. The summed E-state index contributed by atoms with van der Waals surface area (Å²) in [4.78, 5) is 0. The lowest BCUT2D eigenvalue weighted by atomic mass is 9.43. The van der Waals surface area contributed by atoms with Crippen molar-refractivity contribution in [2.75, 3.05) is 0 Å². The molecule has 3 rings (SSSR count).